The van der Waals surface area contributed by atoms with Crippen molar-refractivity contribution in [3.05, 3.63) is 65.7 Å². The Morgan fingerprint density at radius 3 is 2.19 bits per heavy atom. The fraction of sp³-hybridized carbons (Fsp3) is 0.407. The van der Waals surface area contributed by atoms with Gasteiger partial charge in [0.25, 0.3) is 0 Å². The molecule has 0 heterocycles. The number of alkyl halides is 3. The molecule has 0 bridgehead atoms. The highest BCUT2D eigenvalue weighted by Crippen LogP contribution is 2.39. The van der Waals surface area contributed by atoms with E-state index in [9.17, 15) is 30.4 Å². The molecule has 0 saturated heterocycles. The monoisotopic (exact) mass is 526 g/mol. The Bertz CT molecular complexity index is 1330. The topological polar surface area (TPSA) is 43.4 Å². The Morgan fingerprint density at radius 1 is 0.917 bits per heavy atom. The molecule has 0 radical (unpaired) electrons. The molecule has 3 nitrogen and oxygen atoms in total. The molecule has 0 aliphatic heterocycles. The summed E-state index contributed by atoms with van der Waals surface area (Å²) in [5.41, 5.74) is -3.34. The van der Waals surface area contributed by atoms with E-state index in [1.54, 1.807) is 0 Å². The molecule has 4 rings (SSSR count). The predicted molar refractivity (Wildman–Crippen MR) is 129 cm³/mol. The maximum Gasteiger partial charge on any atom is 0.534 e. The number of hydrogen-bond acceptors (Lipinski definition) is 3. The molecule has 0 amide bonds. The van der Waals surface area contributed by atoms with Gasteiger partial charge in [0.15, 0.2) is 11.6 Å². The van der Waals surface area contributed by atoms with Crippen LogP contribution in [0, 0.1) is 17.6 Å². The van der Waals surface area contributed by atoms with Crippen molar-refractivity contribution >= 4 is 20.9 Å². The number of hydrogen-bond donors (Lipinski definition) is 0. The maximum absolute atomic E-state index is 14.9. The summed E-state index contributed by atoms with van der Waals surface area (Å²) in [5.74, 6) is -2.48. The van der Waals surface area contributed by atoms with Crippen molar-refractivity contribution in [1.82, 2.24) is 0 Å². The lowest BCUT2D eigenvalue weighted by molar-refractivity contribution is -0.0500. The van der Waals surface area contributed by atoms with Gasteiger partial charge in [0.1, 0.15) is 5.82 Å². The Kier molecular flexibility index (Phi) is 7.59. The van der Waals surface area contributed by atoms with Crippen LogP contribution in [0.4, 0.5) is 22.0 Å². The summed E-state index contributed by atoms with van der Waals surface area (Å²) in [4.78, 5) is 0. The van der Waals surface area contributed by atoms with Crippen LogP contribution in [0.2, 0.25) is 0 Å². The van der Waals surface area contributed by atoms with Gasteiger partial charge in [-0.05, 0) is 77.8 Å². The van der Waals surface area contributed by atoms with E-state index in [4.69, 9.17) is 0 Å². The highest BCUT2D eigenvalue weighted by atomic mass is 32.2. The lowest BCUT2D eigenvalue weighted by Crippen LogP contribution is -2.28. The first-order chi connectivity index (χ1) is 17.0. The van der Waals surface area contributed by atoms with Gasteiger partial charge >= 0.3 is 15.6 Å². The van der Waals surface area contributed by atoms with Gasteiger partial charge in [0.2, 0.25) is 0 Å². The minimum Gasteiger partial charge on any atom is -0.373 e. The molecule has 3 aromatic rings. The third-order valence-electron chi connectivity index (χ3n) is 6.98. The number of unbranched alkanes of at least 4 members (excludes halogenated alkanes) is 1. The average Bonchev–Trinajstić information content (AvgIpc) is 2.84. The van der Waals surface area contributed by atoms with Crippen molar-refractivity contribution in [2.75, 3.05) is 0 Å². The van der Waals surface area contributed by atoms with E-state index in [-0.39, 0.29) is 5.39 Å². The van der Waals surface area contributed by atoms with E-state index in [1.807, 2.05) is 24.3 Å². The molecular formula is C27H27F5O3S. The standard InChI is InChI=1S/C27H27F5O3S/c1-2-3-4-17-5-7-18(8-6-17)19-9-11-20(12-10-19)22-15-21-13-14-24(26(29)25(21)23(28)16-22)35-36(33,34)27(30,31)32/h9-18H,2-8H2,1H3. The second kappa shape index (κ2) is 10.4. The molecule has 0 atom stereocenters. The largest absolute Gasteiger partial charge is 0.534 e. The van der Waals surface area contributed by atoms with Crippen LogP contribution in [0.1, 0.15) is 63.4 Å². The minimum atomic E-state index is -6.09. The zero-order chi connectivity index (χ0) is 26.1. The van der Waals surface area contributed by atoms with E-state index in [0.29, 0.717) is 17.0 Å². The van der Waals surface area contributed by atoms with Crippen LogP contribution in [-0.2, 0) is 10.1 Å². The molecule has 0 N–H and O–H groups in total. The molecule has 9 heteroatoms. The Hall–Kier alpha value is -2.68. The van der Waals surface area contributed by atoms with Gasteiger partial charge < -0.3 is 4.18 Å². The highest BCUT2D eigenvalue weighted by Gasteiger charge is 2.49. The first kappa shape index (κ1) is 26.4. The van der Waals surface area contributed by atoms with Crippen LogP contribution in [0.25, 0.3) is 21.9 Å². The SMILES string of the molecule is CCCCC1CCC(c2ccc(-c3cc(F)c4c(F)c(OS(=O)(=O)C(F)(F)F)ccc4c3)cc2)CC1. The zero-order valence-electron chi connectivity index (χ0n) is 19.7. The molecule has 1 fully saturated rings. The van der Waals surface area contributed by atoms with Crippen LogP contribution in [0.3, 0.4) is 0 Å². The Balaban J connectivity index is 1.55. The van der Waals surface area contributed by atoms with Gasteiger partial charge in [0, 0.05) is 0 Å². The van der Waals surface area contributed by atoms with Crippen molar-refractivity contribution in [3.8, 4) is 16.9 Å². The molecule has 1 saturated carbocycles. The highest BCUT2D eigenvalue weighted by molar-refractivity contribution is 7.88. The summed E-state index contributed by atoms with van der Waals surface area (Å²) in [6, 6.07) is 12.2. The molecule has 0 aromatic heterocycles. The van der Waals surface area contributed by atoms with Crippen LogP contribution >= 0.6 is 0 Å². The van der Waals surface area contributed by atoms with Crippen LogP contribution in [0.5, 0.6) is 5.75 Å². The van der Waals surface area contributed by atoms with E-state index < -0.39 is 38.4 Å². The smallest absolute Gasteiger partial charge is 0.373 e. The summed E-state index contributed by atoms with van der Waals surface area (Å²) in [7, 11) is -6.09. The summed E-state index contributed by atoms with van der Waals surface area (Å²) in [5, 5.41) is -0.584. The summed E-state index contributed by atoms with van der Waals surface area (Å²) < 4.78 is 93.7. The normalized spacial score (nSPS) is 18.9. The molecule has 36 heavy (non-hydrogen) atoms. The third-order valence-corrected chi connectivity index (χ3v) is 7.95. The molecule has 0 unspecified atom stereocenters. The van der Waals surface area contributed by atoms with E-state index in [1.165, 1.54) is 43.7 Å². The maximum atomic E-state index is 14.9. The second-order valence-electron chi connectivity index (χ2n) is 9.40. The van der Waals surface area contributed by atoms with Gasteiger partial charge in [-0.2, -0.15) is 21.6 Å². The number of halogens is 5. The van der Waals surface area contributed by atoms with Crippen molar-refractivity contribution in [1.29, 1.82) is 0 Å². The van der Waals surface area contributed by atoms with Gasteiger partial charge in [-0.1, -0.05) is 56.5 Å². The third kappa shape index (κ3) is 5.51. The predicted octanol–water partition coefficient (Wildman–Crippen LogP) is 8.48. The quantitative estimate of drug-likeness (QED) is 0.176. The van der Waals surface area contributed by atoms with E-state index >= 15 is 0 Å². The molecule has 194 valence electrons. The number of rotatable bonds is 7. The van der Waals surface area contributed by atoms with Crippen molar-refractivity contribution in [2.45, 2.75) is 63.3 Å². The summed E-state index contributed by atoms with van der Waals surface area (Å²) in [6.45, 7) is 2.21. The molecule has 3 aromatic carbocycles. The van der Waals surface area contributed by atoms with Gasteiger partial charge in [0.05, 0.1) is 5.39 Å². The first-order valence-electron chi connectivity index (χ1n) is 12.0. The van der Waals surface area contributed by atoms with Crippen LogP contribution < -0.4 is 4.18 Å². The van der Waals surface area contributed by atoms with Crippen molar-refractivity contribution in [3.63, 3.8) is 0 Å². The van der Waals surface area contributed by atoms with Crippen molar-refractivity contribution < 1.29 is 34.6 Å². The fourth-order valence-electron chi connectivity index (χ4n) is 4.97. The Labute approximate surface area is 207 Å². The van der Waals surface area contributed by atoms with Gasteiger partial charge in [-0.25, -0.2) is 8.78 Å². The van der Waals surface area contributed by atoms with Gasteiger partial charge in [-0.15, -0.1) is 0 Å². The van der Waals surface area contributed by atoms with Gasteiger partial charge in [-0.3, -0.25) is 0 Å². The lowest BCUT2D eigenvalue weighted by Gasteiger charge is -2.29. The molecule has 0 spiro atoms. The lowest BCUT2D eigenvalue weighted by atomic mass is 9.77. The average molecular weight is 527 g/mol. The van der Waals surface area contributed by atoms with Crippen molar-refractivity contribution in [2.24, 2.45) is 5.92 Å². The molecular weight excluding hydrogens is 499 g/mol. The van der Waals surface area contributed by atoms with Crippen LogP contribution in [0.15, 0.2) is 48.5 Å². The van der Waals surface area contributed by atoms with E-state index in [2.05, 4.69) is 11.1 Å². The summed E-state index contributed by atoms with van der Waals surface area (Å²) in [6.07, 6.45) is 8.53. The first-order valence-corrected chi connectivity index (χ1v) is 13.4. The molecule has 1 aliphatic carbocycles. The summed E-state index contributed by atoms with van der Waals surface area (Å²) >= 11 is 0. The second-order valence-corrected chi connectivity index (χ2v) is 10.9. The minimum absolute atomic E-state index is 0.0636. The van der Waals surface area contributed by atoms with Crippen LogP contribution in [-0.4, -0.2) is 13.9 Å². The van der Waals surface area contributed by atoms with E-state index in [0.717, 1.165) is 37.0 Å². The zero-order valence-corrected chi connectivity index (χ0v) is 20.6. The molecule has 1 aliphatic rings. The number of fused-ring (bicyclic) bond motifs is 1. The number of benzene rings is 3. The Morgan fingerprint density at radius 2 is 1.58 bits per heavy atom. The fourth-order valence-corrected chi connectivity index (χ4v) is 5.43.